The van der Waals surface area contributed by atoms with Gasteiger partial charge in [-0.3, -0.25) is 4.79 Å². The topological polar surface area (TPSA) is 80.2 Å². The molecule has 1 atom stereocenters. The second-order valence-corrected chi connectivity index (χ2v) is 7.36. The van der Waals surface area contributed by atoms with Gasteiger partial charge in [-0.15, -0.1) is 6.58 Å². The molecular formula is C23H25ClN2O4. The highest BCUT2D eigenvalue weighted by Gasteiger charge is 2.43. The van der Waals surface area contributed by atoms with E-state index in [2.05, 4.69) is 16.9 Å². The first kappa shape index (κ1) is 21.9. The lowest BCUT2D eigenvalue weighted by atomic mass is 9.96. The highest BCUT2D eigenvalue weighted by Crippen LogP contribution is 2.27. The number of amides is 1. The van der Waals surface area contributed by atoms with Crippen molar-refractivity contribution in [3.05, 3.63) is 77.3 Å². The number of nitrogens with one attached hydrogen (secondary N) is 1. The van der Waals surface area contributed by atoms with E-state index in [0.29, 0.717) is 42.7 Å². The van der Waals surface area contributed by atoms with Crippen molar-refractivity contribution in [2.75, 3.05) is 19.8 Å². The number of rotatable bonds is 10. The van der Waals surface area contributed by atoms with Crippen molar-refractivity contribution in [1.29, 1.82) is 0 Å². The molecule has 158 valence electrons. The summed E-state index contributed by atoms with van der Waals surface area (Å²) >= 11 is 6.18. The van der Waals surface area contributed by atoms with Gasteiger partial charge in [-0.25, -0.2) is 4.99 Å². The Morgan fingerprint density at radius 1 is 1.30 bits per heavy atom. The van der Waals surface area contributed by atoms with E-state index in [4.69, 9.17) is 26.2 Å². The molecule has 2 aromatic carbocycles. The van der Waals surface area contributed by atoms with Gasteiger partial charge >= 0.3 is 0 Å². The van der Waals surface area contributed by atoms with Crippen LogP contribution in [0.5, 0.6) is 5.75 Å². The van der Waals surface area contributed by atoms with Crippen LogP contribution in [0.3, 0.4) is 0 Å². The monoisotopic (exact) mass is 428 g/mol. The van der Waals surface area contributed by atoms with E-state index in [1.54, 1.807) is 12.1 Å². The molecule has 6 nitrogen and oxygen atoms in total. The zero-order valence-electron chi connectivity index (χ0n) is 16.6. The average Bonchev–Trinajstić information content (AvgIpc) is 3.19. The standard InChI is InChI=1S/C23H25ClN2O4/c1-2-12-23(22(28)25-15-18-6-3-4-7-20(18)24)16-30-21(26-23)17-8-10-19(11-9-17)29-14-5-13-27/h2-4,6-11,27H,1,5,12-16H2,(H,25,28)/t23-/m1/s1. The maximum absolute atomic E-state index is 13.0. The number of halogens is 1. The van der Waals surface area contributed by atoms with Crippen LogP contribution in [0.1, 0.15) is 24.0 Å². The lowest BCUT2D eigenvalue weighted by molar-refractivity contribution is -0.126. The minimum atomic E-state index is -1.06. The van der Waals surface area contributed by atoms with Crippen LogP contribution in [0.2, 0.25) is 5.02 Å². The average molecular weight is 429 g/mol. The van der Waals surface area contributed by atoms with E-state index in [9.17, 15) is 4.79 Å². The summed E-state index contributed by atoms with van der Waals surface area (Å²) in [5.41, 5.74) is 0.532. The molecule has 0 aliphatic carbocycles. The second kappa shape index (κ2) is 10.3. The lowest BCUT2D eigenvalue weighted by Crippen LogP contribution is -2.46. The lowest BCUT2D eigenvalue weighted by Gasteiger charge is -2.21. The first-order valence-electron chi connectivity index (χ1n) is 9.77. The van der Waals surface area contributed by atoms with Crippen molar-refractivity contribution in [1.82, 2.24) is 5.32 Å². The summed E-state index contributed by atoms with van der Waals surface area (Å²) in [4.78, 5) is 17.6. The molecule has 0 saturated heterocycles. The van der Waals surface area contributed by atoms with Gasteiger partial charge < -0.3 is 19.9 Å². The van der Waals surface area contributed by atoms with Crippen molar-refractivity contribution in [2.45, 2.75) is 24.9 Å². The smallest absolute Gasteiger partial charge is 0.252 e. The second-order valence-electron chi connectivity index (χ2n) is 6.95. The molecule has 0 radical (unpaired) electrons. The predicted octanol–water partition coefficient (Wildman–Crippen LogP) is 3.51. The number of hydrogen-bond acceptors (Lipinski definition) is 5. The third-order valence-electron chi connectivity index (χ3n) is 4.74. The van der Waals surface area contributed by atoms with Gasteiger partial charge in [-0.05, 0) is 35.9 Å². The molecule has 0 unspecified atom stereocenters. The van der Waals surface area contributed by atoms with Crippen LogP contribution in [0, 0.1) is 0 Å². The SMILES string of the molecule is C=CC[C@]1(C(=O)NCc2ccccc2Cl)COC(c2ccc(OCCCO)cc2)=N1. The Labute approximate surface area is 181 Å². The number of aliphatic imine (C=N–C) groups is 1. The van der Waals surface area contributed by atoms with E-state index in [-0.39, 0.29) is 19.1 Å². The van der Waals surface area contributed by atoms with Crippen LogP contribution < -0.4 is 10.1 Å². The normalized spacial score (nSPS) is 17.7. The Bertz CT molecular complexity index is 914. The fourth-order valence-corrected chi connectivity index (χ4v) is 3.28. The number of aliphatic hydroxyl groups is 1. The maximum Gasteiger partial charge on any atom is 0.252 e. The van der Waals surface area contributed by atoms with Gasteiger partial charge in [0.25, 0.3) is 5.91 Å². The first-order valence-corrected chi connectivity index (χ1v) is 10.1. The fourth-order valence-electron chi connectivity index (χ4n) is 3.08. The number of benzene rings is 2. The predicted molar refractivity (Wildman–Crippen MR) is 117 cm³/mol. The molecule has 0 aromatic heterocycles. The summed E-state index contributed by atoms with van der Waals surface area (Å²) in [6.45, 7) is 4.75. The Morgan fingerprint density at radius 3 is 2.77 bits per heavy atom. The van der Waals surface area contributed by atoms with Crippen LogP contribution >= 0.6 is 11.6 Å². The zero-order valence-corrected chi connectivity index (χ0v) is 17.4. The molecule has 0 fully saturated rings. The Balaban J connectivity index is 1.71. The molecule has 2 aromatic rings. The molecule has 0 saturated carbocycles. The Morgan fingerprint density at radius 2 is 2.07 bits per heavy atom. The van der Waals surface area contributed by atoms with Gasteiger partial charge in [0.05, 0.1) is 6.61 Å². The number of aliphatic hydroxyl groups excluding tert-OH is 1. The van der Waals surface area contributed by atoms with Gasteiger partial charge in [-0.2, -0.15) is 0 Å². The van der Waals surface area contributed by atoms with E-state index in [1.807, 2.05) is 42.5 Å². The molecule has 30 heavy (non-hydrogen) atoms. The number of hydrogen-bond donors (Lipinski definition) is 2. The van der Waals surface area contributed by atoms with E-state index in [0.717, 1.165) is 11.1 Å². The fraction of sp³-hybridized carbons (Fsp3) is 0.304. The minimum absolute atomic E-state index is 0.0899. The van der Waals surface area contributed by atoms with Crippen molar-refractivity contribution in [2.24, 2.45) is 4.99 Å². The summed E-state index contributed by atoms with van der Waals surface area (Å²) in [6, 6.07) is 14.7. The zero-order chi connectivity index (χ0) is 21.4. The van der Waals surface area contributed by atoms with Crippen LogP contribution in [-0.4, -0.2) is 42.3 Å². The van der Waals surface area contributed by atoms with Gasteiger partial charge in [0.15, 0.2) is 5.54 Å². The molecule has 1 amide bonds. The summed E-state index contributed by atoms with van der Waals surface area (Å²) < 4.78 is 11.3. The summed E-state index contributed by atoms with van der Waals surface area (Å²) in [7, 11) is 0. The Kier molecular flexibility index (Phi) is 7.49. The molecule has 1 aliphatic rings. The minimum Gasteiger partial charge on any atom is -0.494 e. The highest BCUT2D eigenvalue weighted by molar-refractivity contribution is 6.31. The van der Waals surface area contributed by atoms with Crippen molar-refractivity contribution in [3.63, 3.8) is 0 Å². The number of carbonyl (C=O) groups excluding carboxylic acids is 1. The molecule has 1 heterocycles. The van der Waals surface area contributed by atoms with E-state index in [1.165, 1.54) is 0 Å². The van der Waals surface area contributed by atoms with Gasteiger partial charge in [0, 0.05) is 36.6 Å². The molecule has 3 rings (SSSR count). The highest BCUT2D eigenvalue weighted by atomic mass is 35.5. The largest absolute Gasteiger partial charge is 0.494 e. The van der Waals surface area contributed by atoms with Gasteiger partial charge in [0.1, 0.15) is 12.4 Å². The molecular weight excluding hydrogens is 404 g/mol. The van der Waals surface area contributed by atoms with Crippen LogP contribution in [-0.2, 0) is 16.1 Å². The maximum atomic E-state index is 13.0. The van der Waals surface area contributed by atoms with E-state index < -0.39 is 5.54 Å². The number of ether oxygens (including phenoxy) is 2. The molecule has 1 aliphatic heterocycles. The quantitative estimate of drug-likeness (QED) is 0.448. The summed E-state index contributed by atoms with van der Waals surface area (Å²) in [5.74, 6) is 0.869. The van der Waals surface area contributed by atoms with Crippen molar-refractivity contribution in [3.8, 4) is 5.75 Å². The van der Waals surface area contributed by atoms with Gasteiger partial charge in [0.2, 0.25) is 5.90 Å². The first-order chi connectivity index (χ1) is 14.6. The summed E-state index contributed by atoms with van der Waals surface area (Å²) in [5, 5.41) is 12.3. The van der Waals surface area contributed by atoms with Crippen molar-refractivity contribution >= 4 is 23.4 Å². The third-order valence-corrected chi connectivity index (χ3v) is 5.11. The van der Waals surface area contributed by atoms with Crippen LogP contribution in [0.15, 0.2) is 66.2 Å². The molecule has 2 N–H and O–H groups in total. The van der Waals surface area contributed by atoms with E-state index >= 15 is 0 Å². The Hall–Kier alpha value is -2.83. The summed E-state index contributed by atoms with van der Waals surface area (Å²) in [6.07, 6.45) is 2.60. The molecule has 0 spiro atoms. The number of nitrogens with zero attached hydrogens (tertiary/aromatic N) is 1. The van der Waals surface area contributed by atoms with Crippen LogP contribution in [0.25, 0.3) is 0 Å². The molecule has 7 heteroatoms. The van der Waals surface area contributed by atoms with Crippen molar-refractivity contribution < 1.29 is 19.4 Å². The third kappa shape index (κ3) is 5.20. The molecule has 0 bridgehead atoms. The van der Waals surface area contributed by atoms with Gasteiger partial charge in [-0.1, -0.05) is 35.9 Å². The number of carbonyl (C=O) groups is 1. The van der Waals surface area contributed by atoms with Crippen LogP contribution in [0.4, 0.5) is 0 Å².